The van der Waals surface area contributed by atoms with Gasteiger partial charge < -0.3 is 0 Å². The zero-order valence-electron chi connectivity index (χ0n) is 7.09. The molecular formula is C11H13Cl. The van der Waals surface area contributed by atoms with Gasteiger partial charge in [0.1, 0.15) is 0 Å². The molecule has 0 saturated heterocycles. The number of hydrogen-bond acceptors (Lipinski definition) is 0. The molecule has 0 radical (unpaired) electrons. The molecule has 0 heterocycles. The minimum Gasteiger partial charge on any atom is -0.126 e. The summed E-state index contributed by atoms with van der Waals surface area (Å²) >= 11 is 5.65. The van der Waals surface area contributed by atoms with Crippen molar-refractivity contribution in [3.63, 3.8) is 0 Å². The third-order valence-electron chi connectivity index (χ3n) is 2.41. The number of alkyl halides is 1. The van der Waals surface area contributed by atoms with E-state index in [9.17, 15) is 0 Å². The standard InChI is InChI=1S/C11H13Cl/c12-8-7-9-1-3-10(4-2-9)11-5-6-11/h1-4,11H,5-8H2. The molecule has 0 bridgehead atoms. The third kappa shape index (κ3) is 1.81. The van der Waals surface area contributed by atoms with E-state index in [-0.39, 0.29) is 0 Å². The highest BCUT2D eigenvalue weighted by Gasteiger charge is 2.22. The van der Waals surface area contributed by atoms with E-state index in [0.717, 1.165) is 18.2 Å². The lowest BCUT2D eigenvalue weighted by Gasteiger charge is -2.00. The molecule has 0 N–H and O–H groups in total. The predicted molar refractivity (Wildman–Crippen MR) is 52.8 cm³/mol. The maximum absolute atomic E-state index is 5.65. The average Bonchev–Trinajstić information content (AvgIpc) is 2.89. The van der Waals surface area contributed by atoms with Gasteiger partial charge in [0, 0.05) is 5.88 Å². The molecule has 1 saturated carbocycles. The molecule has 0 unspecified atom stereocenters. The molecule has 0 amide bonds. The summed E-state index contributed by atoms with van der Waals surface area (Å²) in [5.41, 5.74) is 2.86. The van der Waals surface area contributed by atoms with Gasteiger partial charge in [-0.15, -0.1) is 11.6 Å². The fourth-order valence-corrected chi connectivity index (χ4v) is 1.70. The van der Waals surface area contributed by atoms with Gasteiger partial charge in [0.15, 0.2) is 0 Å². The van der Waals surface area contributed by atoms with Crippen LogP contribution in [0.2, 0.25) is 0 Å². The van der Waals surface area contributed by atoms with Crippen LogP contribution >= 0.6 is 11.6 Å². The van der Waals surface area contributed by atoms with Crippen molar-refractivity contribution in [2.45, 2.75) is 25.2 Å². The Morgan fingerprint density at radius 1 is 1.17 bits per heavy atom. The van der Waals surface area contributed by atoms with Crippen LogP contribution in [0.1, 0.15) is 29.9 Å². The summed E-state index contributed by atoms with van der Waals surface area (Å²) in [6.45, 7) is 0. The zero-order valence-corrected chi connectivity index (χ0v) is 7.85. The second-order valence-corrected chi connectivity index (χ2v) is 3.83. The molecule has 64 valence electrons. The van der Waals surface area contributed by atoms with Crippen molar-refractivity contribution in [2.24, 2.45) is 0 Å². The van der Waals surface area contributed by atoms with Crippen LogP contribution in [0.5, 0.6) is 0 Å². The molecular weight excluding hydrogens is 168 g/mol. The molecule has 1 aliphatic rings. The second-order valence-electron chi connectivity index (χ2n) is 3.45. The molecule has 1 aromatic rings. The largest absolute Gasteiger partial charge is 0.126 e. The van der Waals surface area contributed by atoms with Crippen molar-refractivity contribution in [1.29, 1.82) is 0 Å². The first-order chi connectivity index (χ1) is 5.90. The van der Waals surface area contributed by atoms with Gasteiger partial charge in [0.25, 0.3) is 0 Å². The van der Waals surface area contributed by atoms with Crippen molar-refractivity contribution < 1.29 is 0 Å². The number of hydrogen-bond donors (Lipinski definition) is 0. The molecule has 1 aliphatic carbocycles. The van der Waals surface area contributed by atoms with Crippen molar-refractivity contribution >= 4 is 11.6 Å². The molecule has 1 aromatic carbocycles. The van der Waals surface area contributed by atoms with Gasteiger partial charge in [-0.25, -0.2) is 0 Å². The summed E-state index contributed by atoms with van der Waals surface area (Å²) < 4.78 is 0. The van der Waals surface area contributed by atoms with Crippen LogP contribution in [0.3, 0.4) is 0 Å². The van der Waals surface area contributed by atoms with Crippen LogP contribution < -0.4 is 0 Å². The van der Waals surface area contributed by atoms with Gasteiger partial charge in [-0.3, -0.25) is 0 Å². The highest BCUT2D eigenvalue weighted by molar-refractivity contribution is 6.17. The summed E-state index contributed by atoms with van der Waals surface area (Å²) in [6, 6.07) is 8.91. The maximum atomic E-state index is 5.65. The Balaban J connectivity index is 2.08. The van der Waals surface area contributed by atoms with E-state index in [1.807, 2.05) is 0 Å². The van der Waals surface area contributed by atoms with Crippen LogP contribution in [-0.2, 0) is 6.42 Å². The summed E-state index contributed by atoms with van der Waals surface area (Å²) in [6.07, 6.45) is 3.76. The molecule has 0 atom stereocenters. The van der Waals surface area contributed by atoms with Gasteiger partial charge in [-0.1, -0.05) is 24.3 Å². The number of rotatable bonds is 3. The molecule has 0 nitrogen and oxygen atoms in total. The summed E-state index contributed by atoms with van der Waals surface area (Å²) in [5, 5.41) is 0. The van der Waals surface area contributed by atoms with E-state index in [2.05, 4.69) is 24.3 Å². The van der Waals surface area contributed by atoms with Crippen LogP contribution in [0, 0.1) is 0 Å². The highest BCUT2D eigenvalue weighted by Crippen LogP contribution is 2.39. The Bertz CT molecular complexity index is 246. The Morgan fingerprint density at radius 3 is 2.33 bits per heavy atom. The van der Waals surface area contributed by atoms with E-state index in [1.54, 1.807) is 0 Å². The van der Waals surface area contributed by atoms with E-state index in [0.29, 0.717) is 0 Å². The van der Waals surface area contributed by atoms with Crippen molar-refractivity contribution in [3.8, 4) is 0 Å². The Labute approximate surface area is 78.6 Å². The van der Waals surface area contributed by atoms with Crippen LogP contribution in [0.4, 0.5) is 0 Å². The summed E-state index contributed by atoms with van der Waals surface area (Å²) in [4.78, 5) is 0. The van der Waals surface area contributed by atoms with Gasteiger partial charge in [0.2, 0.25) is 0 Å². The van der Waals surface area contributed by atoms with Crippen molar-refractivity contribution in [2.75, 3.05) is 5.88 Å². The lowest BCUT2D eigenvalue weighted by Crippen LogP contribution is -1.86. The zero-order chi connectivity index (χ0) is 8.39. The summed E-state index contributed by atoms with van der Waals surface area (Å²) in [7, 11) is 0. The Hall–Kier alpha value is -0.490. The first-order valence-corrected chi connectivity index (χ1v) is 5.08. The van der Waals surface area contributed by atoms with Crippen molar-refractivity contribution in [3.05, 3.63) is 35.4 Å². The van der Waals surface area contributed by atoms with Crippen LogP contribution in [-0.4, -0.2) is 5.88 Å². The SMILES string of the molecule is ClCCc1ccc(C2CC2)cc1. The molecule has 0 aromatic heterocycles. The van der Waals surface area contributed by atoms with Gasteiger partial charge >= 0.3 is 0 Å². The van der Waals surface area contributed by atoms with E-state index < -0.39 is 0 Å². The molecule has 12 heavy (non-hydrogen) atoms. The Kier molecular flexibility index (Phi) is 2.36. The molecule has 0 spiro atoms. The van der Waals surface area contributed by atoms with E-state index >= 15 is 0 Å². The average molecular weight is 181 g/mol. The van der Waals surface area contributed by atoms with Crippen molar-refractivity contribution in [1.82, 2.24) is 0 Å². The topological polar surface area (TPSA) is 0 Å². The minimum atomic E-state index is 0.725. The fraction of sp³-hybridized carbons (Fsp3) is 0.455. The predicted octanol–water partition coefficient (Wildman–Crippen LogP) is 3.35. The second kappa shape index (κ2) is 3.49. The first-order valence-electron chi connectivity index (χ1n) is 4.55. The molecule has 1 fully saturated rings. The normalized spacial score (nSPS) is 16.4. The lowest BCUT2D eigenvalue weighted by molar-refractivity contribution is 1.10. The van der Waals surface area contributed by atoms with Crippen LogP contribution in [0.25, 0.3) is 0 Å². The van der Waals surface area contributed by atoms with Crippen LogP contribution in [0.15, 0.2) is 24.3 Å². The number of aryl methyl sites for hydroxylation is 1. The number of benzene rings is 1. The molecule has 1 heteroatoms. The monoisotopic (exact) mass is 180 g/mol. The van der Waals surface area contributed by atoms with E-state index in [1.165, 1.54) is 24.0 Å². The highest BCUT2D eigenvalue weighted by atomic mass is 35.5. The number of halogens is 1. The summed E-state index contributed by atoms with van der Waals surface area (Å²) in [5.74, 6) is 1.60. The van der Waals surface area contributed by atoms with E-state index in [4.69, 9.17) is 11.6 Å². The minimum absolute atomic E-state index is 0.725. The quantitative estimate of drug-likeness (QED) is 0.626. The first kappa shape index (κ1) is 8.12. The fourth-order valence-electron chi connectivity index (χ4n) is 1.48. The smallest absolute Gasteiger partial charge is 0.0263 e. The van der Waals surface area contributed by atoms with Gasteiger partial charge in [-0.05, 0) is 36.3 Å². The third-order valence-corrected chi connectivity index (χ3v) is 2.60. The maximum Gasteiger partial charge on any atom is 0.0263 e. The molecule has 0 aliphatic heterocycles. The Morgan fingerprint density at radius 2 is 1.83 bits per heavy atom. The van der Waals surface area contributed by atoms with Gasteiger partial charge in [-0.2, -0.15) is 0 Å². The van der Waals surface area contributed by atoms with Gasteiger partial charge in [0.05, 0.1) is 0 Å². The lowest BCUT2D eigenvalue weighted by atomic mass is 10.1. The molecule has 2 rings (SSSR count).